The second-order valence-corrected chi connectivity index (χ2v) is 3.85. The topological polar surface area (TPSA) is 24.1 Å². The summed E-state index contributed by atoms with van der Waals surface area (Å²) in [4.78, 5) is 0. The number of hydrogen-bond donors (Lipinski definition) is 2. The molecule has 1 aliphatic rings. The molecule has 1 fully saturated rings. The van der Waals surface area contributed by atoms with Gasteiger partial charge in [-0.3, -0.25) is 0 Å². The van der Waals surface area contributed by atoms with Crippen LogP contribution < -0.4 is 10.6 Å². The minimum Gasteiger partial charge on any atom is -0.381 e. The van der Waals surface area contributed by atoms with Gasteiger partial charge in [0.15, 0.2) is 0 Å². The molecule has 15 heavy (non-hydrogen) atoms. The van der Waals surface area contributed by atoms with E-state index < -0.39 is 11.6 Å². The lowest BCUT2D eigenvalue weighted by Crippen LogP contribution is -2.38. The van der Waals surface area contributed by atoms with Crippen molar-refractivity contribution in [2.24, 2.45) is 0 Å². The summed E-state index contributed by atoms with van der Waals surface area (Å²) in [5, 5.41) is 6.35. The zero-order valence-corrected chi connectivity index (χ0v) is 8.39. The van der Waals surface area contributed by atoms with Gasteiger partial charge in [0.25, 0.3) is 0 Å². The van der Waals surface area contributed by atoms with Gasteiger partial charge in [-0.15, -0.1) is 0 Å². The number of hydrogen-bond acceptors (Lipinski definition) is 2. The molecule has 1 saturated heterocycles. The molecule has 0 bridgehead atoms. The summed E-state index contributed by atoms with van der Waals surface area (Å²) >= 11 is 0. The minimum atomic E-state index is -0.540. The van der Waals surface area contributed by atoms with Crippen molar-refractivity contribution in [2.45, 2.75) is 18.9 Å². The Hall–Kier alpha value is -1.16. The fourth-order valence-corrected chi connectivity index (χ4v) is 1.85. The third kappa shape index (κ3) is 2.89. The molecule has 2 N–H and O–H groups in total. The van der Waals surface area contributed by atoms with Crippen molar-refractivity contribution in [3.05, 3.63) is 29.8 Å². The van der Waals surface area contributed by atoms with Gasteiger partial charge in [-0.05, 0) is 31.5 Å². The molecular weight excluding hydrogens is 198 g/mol. The van der Waals surface area contributed by atoms with E-state index in [1.54, 1.807) is 0 Å². The third-order valence-corrected chi connectivity index (χ3v) is 2.53. The first-order valence-electron chi connectivity index (χ1n) is 5.17. The molecule has 0 radical (unpaired) electrons. The Bertz CT molecular complexity index is 315. The van der Waals surface area contributed by atoms with E-state index in [4.69, 9.17) is 0 Å². The average molecular weight is 212 g/mol. The van der Waals surface area contributed by atoms with Crippen LogP contribution in [0.5, 0.6) is 0 Å². The van der Waals surface area contributed by atoms with Crippen LogP contribution in [0.1, 0.15) is 12.8 Å². The molecule has 1 aromatic carbocycles. The Morgan fingerprint density at radius 2 is 1.93 bits per heavy atom. The van der Waals surface area contributed by atoms with Gasteiger partial charge in [0.2, 0.25) is 0 Å². The molecule has 4 heteroatoms. The van der Waals surface area contributed by atoms with Crippen molar-refractivity contribution in [2.75, 3.05) is 18.4 Å². The molecular formula is C11H14F2N2. The highest BCUT2D eigenvalue weighted by Crippen LogP contribution is 2.15. The van der Waals surface area contributed by atoms with Gasteiger partial charge in [0.1, 0.15) is 11.6 Å². The van der Waals surface area contributed by atoms with Gasteiger partial charge < -0.3 is 10.6 Å². The highest BCUT2D eigenvalue weighted by Gasteiger charge is 2.12. The molecule has 2 nitrogen and oxygen atoms in total. The van der Waals surface area contributed by atoms with E-state index in [1.807, 2.05) is 0 Å². The number of piperidine rings is 1. The number of nitrogens with one attached hydrogen (secondary N) is 2. The summed E-state index contributed by atoms with van der Waals surface area (Å²) in [7, 11) is 0. The molecule has 0 aromatic heterocycles. The van der Waals surface area contributed by atoms with Crippen LogP contribution in [0.25, 0.3) is 0 Å². The fourth-order valence-electron chi connectivity index (χ4n) is 1.85. The van der Waals surface area contributed by atoms with Crippen LogP contribution in [0, 0.1) is 11.6 Å². The predicted molar refractivity (Wildman–Crippen MR) is 55.9 cm³/mol. The van der Waals surface area contributed by atoms with Crippen molar-refractivity contribution in [1.29, 1.82) is 0 Å². The highest BCUT2D eigenvalue weighted by atomic mass is 19.1. The van der Waals surface area contributed by atoms with Gasteiger partial charge in [-0.2, -0.15) is 0 Å². The smallest absolute Gasteiger partial charge is 0.128 e. The monoisotopic (exact) mass is 212 g/mol. The maximum atomic E-state index is 12.9. The normalized spacial score (nSPS) is 21.3. The maximum Gasteiger partial charge on any atom is 0.128 e. The Kier molecular flexibility index (Phi) is 3.16. The number of benzene rings is 1. The number of halogens is 2. The van der Waals surface area contributed by atoms with Crippen molar-refractivity contribution < 1.29 is 8.78 Å². The first-order chi connectivity index (χ1) is 7.24. The number of anilines is 1. The lowest BCUT2D eigenvalue weighted by atomic mass is 10.1. The van der Waals surface area contributed by atoms with Crippen molar-refractivity contribution in [3.8, 4) is 0 Å². The summed E-state index contributed by atoms with van der Waals surface area (Å²) in [6.45, 7) is 1.87. The summed E-state index contributed by atoms with van der Waals surface area (Å²) in [6.07, 6.45) is 2.13. The van der Waals surface area contributed by atoms with Crippen LogP contribution in [0.3, 0.4) is 0 Å². The van der Waals surface area contributed by atoms with Gasteiger partial charge >= 0.3 is 0 Å². The fraction of sp³-hybridized carbons (Fsp3) is 0.455. The van der Waals surface area contributed by atoms with E-state index >= 15 is 0 Å². The van der Waals surface area contributed by atoms with Gasteiger partial charge in [0.05, 0.1) is 0 Å². The largest absolute Gasteiger partial charge is 0.381 e. The first-order valence-corrected chi connectivity index (χ1v) is 5.17. The molecule has 0 amide bonds. The molecule has 1 unspecified atom stereocenters. The van der Waals surface area contributed by atoms with Gasteiger partial charge in [0, 0.05) is 24.3 Å². The quantitative estimate of drug-likeness (QED) is 0.784. The molecule has 0 aliphatic carbocycles. The lowest BCUT2D eigenvalue weighted by Gasteiger charge is -2.24. The van der Waals surface area contributed by atoms with Crippen molar-refractivity contribution >= 4 is 5.69 Å². The third-order valence-electron chi connectivity index (χ3n) is 2.53. The highest BCUT2D eigenvalue weighted by molar-refractivity contribution is 5.44. The van der Waals surface area contributed by atoms with Gasteiger partial charge in [-0.1, -0.05) is 0 Å². The summed E-state index contributed by atoms with van der Waals surface area (Å²) in [5.74, 6) is -1.08. The van der Waals surface area contributed by atoms with Crippen molar-refractivity contribution in [1.82, 2.24) is 5.32 Å². The lowest BCUT2D eigenvalue weighted by molar-refractivity contribution is 0.479. The summed E-state index contributed by atoms with van der Waals surface area (Å²) < 4.78 is 25.8. The van der Waals surface area contributed by atoms with Crippen LogP contribution in [0.15, 0.2) is 18.2 Å². The standard InChI is InChI=1S/C11H14F2N2/c12-8-4-9(13)6-11(5-8)15-10-2-1-3-14-7-10/h4-6,10,14-15H,1-3,7H2. The van der Waals surface area contributed by atoms with Gasteiger partial charge in [-0.25, -0.2) is 8.78 Å². The predicted octanol–water partition coefficient (Wildman–Crippen LogP) is 2.13. The van der Waals surface area contributed by atoms with E-state index in [0.717, 1.165) is 32.0 Å². The second-order valence-electron chi connectivity index (χ2n) is 3.85. The second kappa shape index (κ2) is 4.57. The summed E-state index contributed by atoms with van der Waals surface area (Å²) in [5.41, 5.74) is 0.515. The van der Waals surface area contributed by atoms with E-state index in [9.17, 15) is 8.78 Å². The number of rotatable bonds is 2. The van der Waals surface area contributed by atoms with Crippen LogP contribution >= 0.6 is 0 Å². The van der Waals surface area contributed by atoms with E-state index in [2.05, 4.69) is 10.6 Å². The maximum absolute atomic E-state index is 12.9. The molecule has 1 aromatic rings. The SMILES string of the molecule is Fc1cc(F)cc(NC2CCCNC2)c1. The van der Waals surface area contributed by atoms with Crippen molar-refractivity contribution in [3.63, 3.8) is 0 Å². The zero-order chi connectivity index (χ0) is 10.7. The summed E-state index contributed by atoms with van der Waals surface area (Å²) in [6, 6.07) is 3.78. The van der Waals surface area contributed by atoms with E-state index in [-0.39, 0.29) is 6.04 Å². The van der Waals surface area contributed by atoms with Crippen LogP contribution in [0.2, 0.25) is 0 Å². The minimum absolute atomic E-state index is 0.264. The Labute approximate surface area is 87.7 Å². The van der Waals surface area contributed by atoms with Crippen LogP contribution in [0.4, 0.5) is 14.5 Å². The Morgan fingerprint density at radius 1 is 1.20 bits per heavy atom. The Morgan fingerprint density at radius 3 is 2.53 bits per heavy atom. The zero-order valence-electron chi connectivity index (χ0n) is 8.39. The molecule has 0 spiro atoms. The molecule has 1 atom stereocenters. The van der Waals surface area contributed by atoms with E-state index in [1.165, 1.54) is 12.1 Å². The average Bonchev–Trinajstić information content (AvgIpc) is 2.17. The Balaban J connectivity index is 2.02. The molecule has 1 heterocycles. The van der Waals surface area contributed by atoms with E-state index in [0.29, 0.717) is 5.69 Å². The molecule has 0 saturated carbocycles. The van der Waals surface area contributed by atoms with Crippen LogP contribution in [-0.4, -0.2) is 19.1 Å². The molecule has 1 aliphatic heterocycles. The molecule has 2 rings (SSSR count). The molecule has 82 valence electrons. The first kappa shape index (κ1) is 10.4. The van der Waals surface area contributed by atoms with Crippen LogP contribution in [-0.2, 0) is 0 Å².